The average molecular weight is 382 g/mol. The van der Waals surface area contributed by atoms with Crippen LogP contribution in [-0.4, -0.2) is 11.1 Å². The number of benzene rings is 3. The molecule has 0 fully saturated rings. The molecule has 6 rings (SSSR count). The standard InChI is InChI=1S/C27H28N2/c1-19-10-13-25-24(16-19)23-8-4-9-26-27(23)29(25)15-5-14-28(26)18-20-11-12-21-6-2-3-7-22(21)17-20/h2-3,6-7,10-13,16-17,26H,4-5,8-9,14-15,18H2,1H3/p+1/t26-/m0/s1. The van der Waals surface area contributed by atoms with Crippen LogP contribution in [0.15, 0.2) is 60.7 Å². The van der Waals surface area contributed by atoms with Crippen LogP contribution in [-0.2, 0) is 19.5 Å². The first-order valence-corrected chi connectivity index (χ1v) is 11.2. The lowest BCUT2D eigenvalue weighted by atomic mass is 9.90. The highest BCUT2D eigenvalue weighted by molar-refractivity contribution is 5.87. The summed E-state index contributed by atoms with van der Waals surface area (Å²) in [5.74, 6) is 0. The summed E-state index contributed by atoms with van der Waals surface area (Å²) in [6.45, 7) is 5.81. The Labute approximate surface area is 172 Å². The molecule has 4 aromatic rings. The Hall–Kier alpha value is -2.58. The molecule has 0 saturated carbocycles. The first-order valence-electron chi connectivity index (χ1n) is 11.2. The monoisotopic (exact) mass is 381 g/mol. The van der Waals surface area contributed by atoms with Crippen molar-refractivity contribution < 1.29 is 4.90 Å². The molecule has 2 atom stereocenters. The van der Waals surface area contributed by atoms with E-state index in [1.54, 1.807) is 16.2 Å². The zero-order chi connectivity index (χ0) is 19.4. The maximum absolute atomic E-state index is 2.68. The Morgan fingerprint density at radius 3 is 2.79 bits per heavy atom. The molecule has 2 nitrogen and oxygen atoms in total. The van der Waals surface area contributed by atoms with E-state index in [1.807, 2.05) is 0 Å². The third-order valence-electron chi connectivity index (χ3n) is 7.24. The van der Waals surface area contributed by atoms with E-state index in [2.05, 4.69) is 72.2 Å². The van der Waals surface area contributed by atoms with Gasteiger partial charge in [-0.05, 0) is 54.3 Å². The van der Waals surface area contributed by atoms with Crippen LogP contribution in [0, 0.1) is 6.92 Å². The third-order valence-corrected chi connectivity index (χ3v) is 7.24. The van der Waals surface area contributed by atoms with Crippen molar-refractivity contribution in [3.8, 4) is 0 Å². The van der Waals surface area contributed by atoms with Crippen LogP contribution < -0.4 is 4.90 Å². The molecule has 2 heterocycles. The second kappa shape index (κ2) is 6.74. The van der Waals surface area contributed by atoms with Crippen molar-refractivity contribution in [2.75, 3.05) is 6.54 Å². The summed E-state index contributed by atoms with van der Waals surface area (Å²) >= 11 is 0. The molecule has 2 aliphatic rings. The fourth-order valence-corrected chi connectivity index (χ4v) is 5.94. The Balaban J connectivity index is 1.42. The molecule has 0 amide bonds. The van der Waals surface area contributed by atoms with E-state index in [-0.39, 0.29) is 0 Å². The van der Waals surface area contributed by atoms with Gasteiger partial charge in [-0.25, -0.2) is 0 Å². The van der Waals surface area contributed by atoms with Crippen LogP contribution >= 0.6 is 0 Å². The van der Waals surface area contributed by atoms with Gasteiger partial charge in [0.05, 0.1) is 12.2 Å². The normalized spacial score (nSPS) is 21.3. The molecule has 1 unspecified atom stereocenters. The third kappa shape index (κ3) is 2.81. The molecular formula is C27H29N2+. The Morgan fingerprint density at radius 2 is 1.86 bits per heavy atom. The van der Waals surface area contributed by atoms with Crippen molar-refractivity contribution in [1.29, 1.82) is 0 Å². The summed E-state index contributed by atoms with van der Waals surface area (Å²) in [5.41, 5.74) is 7.64. The lowest BCUT2D eigenvalue weighted by Gasteiger charge is -2.31. The zero-order valence-corrected chi connectivity index (χ0v) is 17.2. The maximum Gasteiger partial charge on any atom is 0.129 e. The van der Waals surface area contributed by atoms with Crippen LogP contribution in [0.25, 0.3) is 21.7 Å². The predicted molar refractivity (Wildman–Crippen MR) is 120 cm³/mol. The summed E-state index contributed by atoms with van der Waals surface area (Å²) < 4.78 is 2.68. The summed E-state index contributed by atoms with van der Waals surface area (Å²) in [6.07, 6.45) is 5.17. The van der Waals surface area contributed by atoms with Gasteiger partial charge in [0, 0.05) is 35.9 Å². The first-order chi connectivity index (χ1) is 14.3. The highest BCUT2D eigenvalue weighted by Gasteiger charge is 2.36. The van der Waals surface area contributed by atoms with Crippen molar-refractivity contribution >= 4 is 21.7 Å². The minimum atomic E-state index is 0.639. The molecule has 146 valence electrons. The molecule has 0 bridgehead atoms. The number of aryl methyl sites for hydroxylation is 3. The second-order valence-electron chi connectivity index (χ2n) is 9.10. The highest BCUT2D eigenvalue weighted by atomic mass is 15.2. The van der Waals surface area contributed by atoms with Crippen molar-refractivity contribution in [2.24, 2.45) is 0 Å². The SMILES string of the molecule is Cc1ccc2c(c1)c1c3n2CCC[NH+](Cc2ccc4ccccc4c2)[C@H]3CCC1. The number of nitrogens with one attached hydrogen (secondary N) is 1. The number of fused-ring (bicyclic) bond motifs is 4. The number of rotatable bonds is 2. The number of nitrogens with zero attached hydrogens (tertiary/aromatic N) is 1. The Bertz CT molecular complexity index is 1210. The van der Waals surface area contributed by atoms with Gasteiger partial charge < -0.3 is 9.47 Å². The molecule has 0 saturated heterocycles. The van der Waals surface area contributed by atoms with Crippen molar-refractivity contribution in [2.45, 2.75) is 51.7 Å². The summed E-state index contributed by atoms with van der Waals surface area (Å²) in [6, 6.07) is 23.5. The van der Waals surface area contributed by atoms with E-state index < -0.39 is 0 Å². The van der Waals surface area contributed by atoms with Crippen LogP contribution in [0.2, 0.25) is 0 Å². The average Bonchev–Trinajstić information content (AvgIpc) is 2.93. The molecule has 2 heteroatoms. The summed E-state index contributed by atoms with van der Waals surface area (Å²) in [7, 11) is 0. The van der Waals surface area contributed by atoms with Crippen molar-refractivity contribution in [1.82, 2.24) is 4.57 Å². The molecule has 1 aliphatic heterocycles. The van der Waals surface area contributed by atoms with Gasteiger partial charge in [0.1, 0.15) is 12.6 Å². The van der Waals surface area contributed by atoms with Crippen molar-refractivity contribution in [3.05, 3.63) is 83.0 Å². The lowest BCUT2D eigenvalue weighted by Crippen LogP contribution is -3.11. The minimum absolute atomic E-state index is 0.639. The van der Waals surface area contributed by atoms with E-state index in [0.717, 1.165) is 6.54 Å². The number of hydrogen-bond donors (Lipinski definition) is 1. The number of aromatic nitrogens is 1. The molecule has 0 spiro atoms. The molecule has 1 aliphatic carbocycles. The minimum Gasteiger partial charge on any atom is -0.339 e. The topological polar surface area (TPSA) is 9.37 Å². The predicted octanol–water partition coefficient (Wildman–Crippen LogP) is 4.97. The molecule has 3 aromatic carbocycles. The van der Waals surface area contributed by atoms with E-state index in [4.69, 9.17) is 0 Å². The van der Waals surface area contributed by atoms with Gasteiger partial charge in [-0.2, -0.15) is 0 Å². The van der Waals surface area contributed by atoms with Gasteiger partial charge in [0.2, 0.25) is 0 Å². The molecular weight excluding hydrogens is 352 g/mol. The fraction of sp³-hybridized carbons (Fsp3) is 0.333. The zero-order valence-electron chi connectivity index (χ0n) is 17.2. The lowest BCUT2D eigenvalue weighted by molar-refractivity contribution is -0.945. The molecule has 29 heavy (non-hydrogen) atoms. The van der Waals surface area contributed by atoms with Crippen LogP contribution in [0.4, 0.5) is 0 Å². The maximum atomic E-state index is 2.68. The van der Waals surface area contributed by atoms with Crippen LogP contribution in [0.1, 0.15) is 47.7 Å². The van der Waals surface area contributed by atoms with Crippen molar-refractivity contribution in [3.63, 3.8) is 0 Å². The van der Waals surface area contributed by atoms with Gasteiger partial charge in [-0.1, -0.05) is 48.0 Å². The molecule has 1 N–H and O–H groups in total. The Morgan fingerprint density at radius 1 is 0.966 bits per heavy atom. The van der Waals surface area contributed by atoms with E-state index in [0.29, 0.717) is 6.04 Å². The van der Waals surface area contributed by atoms with Gasteiger partial charge in [-0.3, -0.25) is 0 Å². The van der Waals surface area contributed by atoms with Gasteiger partial charge in [0.15, 0.2) is 0 Å². The fourth-order valence-electron chi connectivity index (χ4n) is 5.94. The van der Waals surface area contributed by atoms with Crippen LogP contribution in [0.3, 0.4) is 0 Å². The summed E-state index contributed by atoms with van der Waals surface area (Å²) in [4.78, 5) is 1.76. The van der Waals surface area contributed by atoms with E-state index >= 15 is 0 Å². The van der Waals surface area contributed by atoms with Gasteiger partial charge >= 0.3 is 0 Å². The number of quaternary nitrogens is 1. The van der Waals surface area contributed by atoms with Gasteiger partial charge in [-0.15, -0.1) is 0 Å². The largest absolute Gasteiger partial charge is 0.339 e. The smallest absolute Gasteiger partial charge is 0.129 e. The number of hydrogen-bond acceptors (Lipinski definition) is 0. The summed E-state index contributed by atoms with van der Waals surface area (Å²) in [5, 5.41) is 4.24. The van der Waals surface area contributed by atoms with Gasteiger partial charge in [0.25, 0.3) is 0 Å². The quantitative estimate of drug-likeness (QED) is 0.502. The second-order valence-corrected chi connectivity index (χ2v) is 9.10. The van der Waals surface area contributed by atoms with E-state index in [1.165, 1.54) is 71.6 Å². The molecule has 1 aromatic heterocycles. The van der Waals surface area contributed by atoms with E-state index in [9.17, 15) is 0 Å². The molecule has 0 radical (unpaired) electrons. The van der Waals surface area contributed by atoms with Crippen LogP contribution in [0.5, 0.6) is 0 Å². The Kier molecular flexibility index (Phi) is 4.02. The first kappa shape index (κ1) is 17.3. The highest BCUT2D eigenvalue weighted by Crippen LogP contribution is 2.37.